The normalized spacial score (nSPS) is 16.4. The quantitative estimate of drug-likeness (QED) is 0.766. The summed E-state index contributed by atoms with van der Waals surface area (Å²) < 4.78 is 10.6. The van der Waals surface area contributed by atoms with Crippen LogP contribution in [0.3, 0.4) is 0 Å². The van der Waals surface area contributed by atoms with E-state index in [1.165, 1.54) is 5.56 Å². The first-order chi connectivity index (χ1) is 8.76. The van der Waals surface area contributed by atoms with Crippen molar-refractivity contribution in [2.75, 3.05) is 27.3 Å². The molecule has 1 heterocycles. The van der Waals surface area contributed by atoms with Crippen LogP contribution in [0.1, 0.15) is 24.3 Å². The Morgan fingerprint density at radius 3 is 2.11 bits per heavy atom. The van der Waals surface area contributed by atoms with Crippen LogP contribution in [0.5, 0.6) is 11.5 Å². The Kier molecular flexibility index (Phi) is 4.07. The number of hydrogen-bond donors (Lipinski definition) is 0. The second-order valence-corrected chi connectivity index (χ2v) is 4.56. The number of piperidine rings is 1. The van der Waals surface area contributed by atoms with Crippen LogP contribution in [0.4, 0.5) is 0 Å². The summed E-state index contributed by atoms with van der Waals surface area (Å²) in [4.78, 5) is 12.5. The van der Waals surface area contributed by atoms with Gasteiger partial charge in [0.1, 0.15) is 11.5 Å². The third-order valence-electron chi connectivity index (χ3n) is 3.52. The Hall–Kier alpha value is -1.71. The van der Waals surface area contributed by atoms with Crippen LogP contribution in [0.25, 0.3) is 0 Å². The van der Waals surface area contributed by atoms with Crippen LogP contribution in [-0.4, -0.2) is 38.6 Å². The van der Waals surface area contributed by atoms with Gasteiger partial charge in [0.2, 0.25) is 6.41 Å². The zero-order chi connectivity index (χ0) is 13.0. The Balaban J connectivity index is 2.15. The number of carbonyl (C=O) groups excluding carboxylic acids is 1. The summed E-state index contributed by atoms with van der Waals surface area (Å²) in [6.07, 6.45) is 2.92. The first-order valence-electron chi connectivity index (χ1n) is 6.19. The van der Waals surface area contributed by atoms with Crippen molar-refractivity contribution in [2.24, 2.45) is 0 Å². The molecule has 4 nitrogen and oxygen atoms in total. The van der Waals surface area contributed by atoms with E-state index in [0.717, 1.165) is 43.8 Å². The zero-order valence-electron chi connectivity index (χ0n) is 10.9. The van der Waals surface area contributed by atoms with Crippen molar-refractivity contribution < 1.29 is 14.3 Å². The van der Waals surface area contributed by atoms with Gasteiger partial charge in [0, 0.05) is 19.2 Å². The lowest BCUT2D eigenvalue weighted by Gasteiger charge is -2.29. The number of hydrogen-bond acceptors (Lipinski definition) is 3. The topological polar surface area (TPSA) is 38.8 Å². The molecule has 2 rings (SSSR count). The fourth-order valence-corrected chi connectivity index (χ4v) is 2.40. The second-order valence-electron chi connectivity index (χ2n) is 4.56. The van der Waals surface area contributed by atoms with E-state index in [2.05, 4.69) is 12.1 Å². The maximum Gasteiger partial charge on any atom is 0.209 e. The molecule has 1 saturated heterocycles. The summed E-state index contributed by atoms with van der Waals surface area (Å²) in [6, 6.07) is 6.00. The van der Waals surface area contributed by atoms with Gasteiger partial charge in [-0.1, -0.05) is 0 Å². The molecule has 1 aliphatic rings. The van der Waals surface area contributed by atoms with E-state index in [1.807, 2.05) is 11.0 Å². The summed E-state index contributed by atoms with van der Waals surface area (Å²) in [5.74, 6) is 2.12. The van der Waals surface area contributed by atoms with E-state index < -0.39 is 0 Å². The van der Waals surface area contributed by atoms with Crippen molar-refractivity contribution in [2.45, 2.75) is 18.8 Å². The number of benzene rings is 1. The molecule has 0 aromatic heterocycles. The SMILES string of the molecule is COc1cc(OC)cc(C2CCN(C=O)CC2)c1. The smallest absolute Gasteiger partial charge is 0.209 e. The molecule has 1 amide bonds. The van der Waals surface area contributed by atoms with Crippen LogP contribution < -0.4 is 9.47 Å². The van der Waals surface area contributed by atoms with Gasteiger partial charge in [-0.15, -0.1) is 0 Å². The highest BCUT2D eigenvalue weighted by Gasteiger charge is 2.20. The highest BCUT2D eigenvalue weighted by Crippen LogP contribution is 2.33. The Bertz CT molecular complexity index is 389. The third-order valence-corrected chi connectivity index (χ3v) is 3.52. The Labute approximate surface area is 107 Å². The molecule has 0 spiro atoms. The first-order valence-corrected chi connectivity index (χ1v) is 6.19. The van der Waals surface area contributed by atoms with Crippen LogP contribution >= 0.6 is 0 Å². The van der Waals surface area contributed by atoms with E-state index in [1.54, 1.807) is 14.2 Å². The highest BCUT2D eigenvalue weighted by molar-refractivity contribution is 5.47. The Morgan fingerprint density at radius 2 is 1.67 bits per heavy atom. The van der Waals surface area contributed by atoms with E-state index >= 15 is 0 Å². The predicted octanol–water partition coefficient (Wildman–Crippen LogP) is 2.04. The molecule has 0 atom stereocenters. The standard InChI is InChI=1S/C14H19NO3/c1-17-13-7-12(8-14(9-13)18-2)11-3-5-15(10-16)6-4-11/h7-11H,3-6H2,1-2H3. The molecule has 0 unspecified atom stereocenters. The number of rotatable bonds is 4. The molecule has 4 heteroatoms. The molecule has 1 aromatic carbocycles. The van der Waals surface area contributed by atoms with Crippen LogP contribution in [0.15, 0.2) is 18.2 Å². The van der Waals surface area contributed by atoms with Crippen molar-refractivity contribution >= 4 is 6.41 Å². The minimum Gasteiger partial charge on any atom is -0.497 e. The molecule has 18 heavy (non-hydrogen) atoms. The molecular formula is C14H19NO3. The average Bonchev–Trinajstić information content (AvgIpc) is 2.46. The predicted molar refractivity (Wildman–Crippen MR) is 69.2 cm³/mol. The lowest BCUT2D eigenvalue weighted by molar-refractivity contribution is -0.119. The third kappa shape index (κ3) is 2.75. The van der Waals surface area contributed by atoms with E-state index in [-0.39, 0.29) is 0 Å². The summed E-state index contributed by atoms with van der Waals surface area (Å²) in [5.41, 5.74) is 1.23. The zero-order valence-corrected chi connectivity index (χ0v) is 10.9. The molecule has 98 valence electrons. The molecular weight excluding hydrogens is 230 g/mol. The van der Waals surface area contributed by atoms with Crippen LogP contribution in [-0.2, 0) is 4.79 Å². The van der Waals surface area contributed by atoms with Crippen LogP contribution in [0, 0.1) is 0 Å². The van der Waals surface area contributed by atoms with Gasteiger partial charge < -0.3 is 14.4 Å². The van der Waals surface area contributed by atoms with Crippen LogP contribution in [0.2, 0.25) is 0 Å². The monoisotopic (exact) mass is 249 g/mol. The van der Waals surface area contributed by atoms with Gasteiger partial charge in [-0.2, -0.15) is 0 Å². The maximum atomic E-state index is 10.7. The van der Waals surface area contributed by atoms with Gasteiger partial charge in [-0.05, 0) is 36.5 Å². The fourth-order valence-electron chi connectivity index (χ4n) is 2.40. The first kappa shape index (κ1) is 12.7. The average molecular weight is 249 g/mol. The maximum absolute atomic E-state index is 10.7. The molecule has 0 bridgehead atoms. The Morgan fingerprint density at radius 1 is 1.11 bits per heavy atom. The van der Waals surface area contributed by atoms with Gasteiger partial charge in [-0.3, -0.25) is 4.79 Å². The van der Waals surface area contributed by atoms with Gasteiger partial charge in [0.25, 0.3) is 0 Å². The lowest BCUT2D eigenvalue weighted by atomic mass is 9.89. The number of carbonyl (C=O) groups is 1. The number of likely N-dealkylation sites (tertiary alicyclic amines) is 1. The van der Waals surface area contributed by atoms with E-state index in [9.17, 15) is 4.79 Å². The summed E-state index contributed by atoms with van der Waals surface area (Å²) in [7, 11) is 3.32. The molecule has 0 saturated carbocycles. The minimum absolute atomic E-state index is 0.477. The van der Waals surface area contributed by atoms with Gasteiger partial charge in [0.15, 0.2) is 0 Å². The van der Waals surface area contributed by atoms with Crippen molar-refractivity contribution in [3.63, 3.8) is 0 Å². The van der Waals surface area contributed by atoms with Crippen molar-refractivity contribution in [1.29, 1.82) is 0 Å². The number of methoxy groups -OCH3 is 2. The number of nitrogens with zero attached hydrogens (tertiary/aromatic N) is 1. The van der Waals surface area contributed by atoms with Gasteiger partial charge >= 0.3 is 0 Å². The summed E-state index contributed by atoms with van der Waals surface area (Å²) in [5, 5.41) is 0. The molecule has 1 aromatic rings. The summed E-state index contributed by atoms with van der Waals surface area (Å²) >= 11 is 0. The molecule has 1 fully saturated rings. The molecule has 0 aliphatic carbocycles. The lowest BCUT2D eigenvalue weighted by Crippen LogP contribution is -2.31. The van der Waals surface area contributed by atoms with Gasteiger partial charge in [0.05, 0.1) is 14.2 Å². The number of ether oxygens (including phenoxy) is 2. The van der Waals surface area contributed by atoms with E-state index in [0.29, 0.717) is 5.92 Å². The minimum atomic E-state index is 0.477. The fraction of sp³-hybridized carbons (Fsp3) is 0.500. The highest BCUT2D eigenvalue weighted by atomic mass is 16.5. The van der Waals surface area contributed by atoms with Gasteiger partial charge in [-0.25, -0.2) is 0 Å². The van der Waals surface area contributed by atoms with E-state index in [4.69, 9.17) is 9.47 Å². The number of amides is 1. The van der Waals surface area contributed by atoms with Crippen molar-refractivity contribution in [3.05, 3.63) is 23.8 Å². The second kappa shape index (κ2) is 5.76. The summed E-state index contributed by atoms with van der Waals surface area (Å²) in [6.45, 7) is 1.65. The molecule has 0 N–H and O–H groups in total. The van der Waals surface area contributed by atoms with Crippen molar-refractivity contribution in [3.8, 4) is 11.5 Å². The molecule has 1 aliphatic heterocycles. The van der Waals surface area contributed by atoms with Crippen molar-refractivity contribution in [1.82, 2.24) is 4.90 Å². The molecule has 0 radical (unpaired) electrons. The largest absolute Gasteiger partial charge is 0.497 e.